The van der Waals surface area contributed by atoms with Crippen molar-refractivity contribution in [2.75, 3.05) is 24.7 Å². The smallest absolute Gasteiger partial charge is 0.306 e. The van der Waals surface area contributed by atoms with Gasteiger partial charge in [0.25, 0.3) is 5.91 Å². The summed E-state index contributed by atoms with van der Waals surface area (Å²) in [4.78, 5) is 38.0. The maximum Gasteiger partial charge on any atom is 0.306 e. The number of Topliss-reactive ketones (excluding diaryl/α,β-unsaturated/α-hetero) is 1. The van der Waals surface area contributed by atoms with Gasteiger partial charge in [0.15, 0.2) is 22.2 Å². The zero-order chi connectivity index (χ0) is 21.4. The number of ether oxygens (including phenoxy) is 1. The maximum atomic E-state index is 12.5. The minimum Gasteiger partial charge on any atom is -0.456 e. The number of amides is 1. The van der Waals surface area contributed by atoms with Crippen molar-refractivity contribution >= 4 is 39.1 Å². The molecule has 9 heteroatoms. The number of rotatable bonds is 10. The molecule has 1 fully saturated rings. The van der Waals surface area contributed by atoms with Gasteiger partial charge in [-0.25, -0.2) is 8.42 Å². The Labute approximate surface area is 176 Å². The lowest BCUT2D eigenvalue weighted by atomic mass is 10.1. The normalized spacial score (nSPS) is 17.7. The number of carbonyl (C=O) groups excluding carboxylic acids is 3. The summed E-state index contributed by atoms with van der Waals surface area (Å²) < 4.78 is 28.5. The number of unbranched alkanes of at least 4 members (excludes halogenated alkanes) is 1. The molecule has 2 rings (SSSR count). The summed E-state index contributed by atoms with van der Waals surface area (Å²) in [5, 5.41) is 0.516. The Morgan fingerprint density at radius 3 is 2.45 bits per heavy atom. The molecule has 0 aliphatic carbocycles. The first-order chi connectivity index (χ1) is 13.7. The van der Waals surface area contributed by atoms with Crippen LogP contribution in [-0.4, -0.2) is 61.7 Å². The molecule has 1 aromatic carbocycles. The van der Waals surface area contributed by atoms with Crippen LogP contribution in [0.25, 0.3) is 0 Å². The Morgan fingerprint density at radius 1 is 1.17 bits per heavy atom. The zero-order valence-electron chi connectivity index (χ0n) is 16.4. The van der Waals surface area contributed by atoms with E-state index in [9.17, 15) is 22.8 Å². The van der Waals surface area contributed by atoms with Crippen LogP contribution < -0.4 is 0 Å². The standard InChI is InChI=1S/C20H26ClNO6S/c1-2-3-11-22(17-10-12-29(26,27)14-17)19(24)13-28-20(25)9-8-18(23)15-4-6-16(21)7-5-15/h4-7,17H,2-3,8-14H2,1H3. The zero-order valence-corrected chi connectivity index (χ0v) is 18.0. The highest BCUT2D eigenvalue weighted by Gasteiger charge is 2.34. The van der Waals surface area contributed by atoms with Gasteiger partial charge < -0.3 is 9.64 Å². The van der Waals surface area contributed by atoms with E-state index in [0.717, 1.165) is 12.8 Å². The number of halogens is 1. The number of esters is 1. The van der Waals surface area contributed by atoms with E-state index in [1.165, 1.54) is 4.90 Å². The van der Waals surface area contributed by atoms with Crippen molar-refractivity contribution in [2.24, 2.45) is 0 Å². The van der Waals surface area contributed by atoms with Gasteiger partial charge in [-0.15, -0.1) is 0 Å². The monoisotopic (exact) mass is 443 g/mol. The first-order valence-electron chi connectivity index (χ1n) is 9.66. The van der Waals surface area contributed by atoms with Gasteiger partial charge in [-0.1, -0.05) is 24.9 Å². The van der Waals surface area contributed by atoms with E-state index in [2.05, 4.69) is 0 Å². The molecular weight excluding hydrogens is 418 g/mol. The van der Waals surface area contributed by atoms with Crippen molar-refractivity contribution in [1.29, 1.82) is 0 Å². The van der Waals surface area contributed by atoms with E-state index < -0.39 is 28.3 Å². The second-order valence-electron chi connectivity index (χ2n) is 7.09. The van der Waals surface area contributed by atoms with Crippen LogP contribution in [0.2, 0.25) is 5.02 Å². The number of hydrogen-bond donors (Lipinski definition) is 0. The van der Waals surface area contributed by atoms with Gasteiger partial charge >= 0.3 is 5.97 Å². The maximum absolute atomic E-state index is 12.5. The van der Waals surface area contributed by atoms with E-state index in [1.54, 1.807) is 24.3 Å². The molecule has 0 bridgehead atoms. The van der Waals surface area contributed by atoms with Crippen LogP contribution in [0.4, 0.5) is 0 Å². The van der Waals surface area contributed by atoms with Crippen molar-refractivity contribution in [2.45, 2.75) is 45.1 Å². The molecule has 1 unspecified atom stereocenters. The van der Waals surface area contributed by atoms with Crippen LogP contribution in [0.1, 0.15) is 49.4 Å². The molecular formula is C20H26ClNO6S. The molecule has 29 heavy (non-hydrogen) atoms. The highest BCUT2D eigenvalue weighted by atomic mass is 35.5. The Kier molecular flexibility index (Phi) is 8.64. The molecule has 0 spiro atoms. The lowest BCUT2D eigenvalue weighted by molar-refractivity contribution is -0.152. The van der Waals surface area contributed by atoms with Crippen molar-refractivity contribution in [3.63, 3.8) is 0 Å². The molecule has 0 N–H and O–H groups in total. The van der Waals surface area contributed by atoms with Gasteiger partial charge in [0, 0.05) is 29.6 Å². The Morgan fingerprint density at radius 2 is 1.86 bits per heavy atom. The summed E-state index contributed by atoms with van der Waals surface area (Å²) in [5.41, 5.74) is 0.450. The van der Waals surface area contributed by atoms with E-state index >= 15 is 0 Å². The first kappa shape index (κ1) is 23.3. The average Bonchev–Trinajstić information content (AvgIpc) is 3.04. The van der Waals surface area contributed by atoms with Gasteiger partial charge in [-0.2, -0.15) is 0 Å². The Balaban J connectivity index is 1.82. The van der Waals surface area contributed by atoms with Crippen LogP contribution in [0.5, 0.6) is 0 Å². The minimum absolute atomic E-state index is 0.0327. The summed E-state index contributed by atoms with van der Waals surface area (Å²) in [7, 11) is -3.12. The quantitative estimate of drug-likeness (QED) is 0.407. The predicted octanol–water partition coefficient (Wildman–Crippen LogP) is 2.66. The number of nitrogens with zero attached hydrogens (tertiary/aromatic N) is 1. The van der Waals surface area contributed by atoms with Crippen LogP contribution >= 0.6 is 11.6 Å². The molecule has 1 atom stereocenters. The Hall–Kier alpha value is -1.93. The number of benzene rings is 1. The van der Waals surface area contributed by atoms with Gasteiger partial charge in [0.05, 0.1) is 17.9 Å². The second-order valence-corrected chi connectivity index (χ2v) is 9.75. The molecule has 1 aliphatic rings. The molecule has 0 radical (unpaired) electrons. The minimum atomic E-state index is -3.12. The summed E-state index contributed by atoms with van der Waals surface area (Å²) in [6.45, 7) is 1.96. The molecule has 7 nitrogen and oxygen atoms in total. The molecule has 1 aromatic rings. The van der Waals surface area contributed by atoms with Gasteiger partial charge in [0.2, 0.25) is 0 Å². The summed E-state index contributed by atoms with van der Waals surface area (Å²) >= 11 is 5.78. The van der Waals surface area contributed by atoms with Crippen molar-refractivity contribution in [1.82, 2.24) is 4.90 Å². The lowest BCUT2D eigenvalue weighted by Crippen LogP contribution is -2.43. The summed E-state index contributed by atoms with van der Waals surface area (Å²) in [5.74, 6) is -1.25. The van der Waals surface area contributed by atoms with Gasteiger partial charge in [-0.3, -0.25) is 14.4 Å². The van der Waals surface area contributed by atoms with E-state index in [1.807, 2.05) is 6.92 Å². The number of carbonyl (C=O) groups is 3. The molecule has 1 aliphatic heterocycles. The third-order valence-corrected chi connectivity index (χ3v) is 6.80. The molecule has 1 amide bonds. The van der Waals surface area contributed by atoms with Crippen LogP contribution in [0.15, 0.2) is 24.3 Å². The fourth-order valence-corrected chi connectivity index (χ4v) is 5.01. The van der Waals surface area contributed by atoms with E-state index in [0.29, 0.717) is 23.6 Å². The van der Waals surface area contributed by atoms with E-state index in [4.69, 9.17) is 16.3 Å². The number of ketones is 1. The van der Waals surface area contributed by atoms with Crippen molar-refractivity contribution < 1.29 is 27.5 Å². The molecule has 1 saturated heterocycles. The van der Waals surface area contributed by atoms with Gasteiger partial charge in [-0.05, 0) is 37.1 Å². The molecule has 1 heterocycles. The SMILES string of the molecule is CCCCN(C(=O)COC(=O)CCC(=O)c1ccc(Cl)cc1)C1CCS(=O)(=O)C1. The lowest BCUT2D eigenvalue weighted by Gasteiger charge is -2.28. The fraction of sp³-hybridized carbons (Fsp3) is 0.550. The van der Waals surface area contributed by atoms with Crippen molar-refractivity contribution in [3.8, 4) is 0 Å². The highest BCUT2D eigenvalue weighted by Crippen LogP contribution is 2.19. The summed E-state index contributed by atoms with van der Waals surface area (Å²) in [6, 6.07) is 5.99. The number of sulfone groups is 1. The topological polar surface area (TPSA) is 97.8 Å². The highest BCUT2D eigenvalue weighted by molar-refractivity contribution is 7.91. The molecule has 0 saturated carbocycles. The fourth-order valence-electron chi connectivity index (χ4n) is 3.15. The third kappa shape index (κ3) is 7.44. The van der Waals surface area contributed by atoms with Crippen LogP contribution in [0.3, 0.4) is 0 Å². The second kappa shape index (κ2) is 10.7. The largest absolute Gasteiger partial charge is 0.456 e. The van der Waals surface area contributed by atoms with Gasteiger partial charge in [0.1, 0.15) is 0 Å². The third-order valence-electron chi connectivity index (χ3n) is 4.80. The van der Waals surface area contributed by atoms with Crippen LogP contribution in [0, 0.1) is 0 Å². The van der Waals surface area contributed by atoms with E-state index in [-0.39, 0.29) is 36.2 Å². The molecule has 0 aromatic heterocycles. The first-order valence-corrected chi connectivity index (χ1v) is 11.9. The average molecular weight is 444 g/mol. The van der Waals surface area contributed by atoms with Crippen molar-refractivity contribution in [3.05, 3.63) is 34.9 Å². The molecule has 160 valence electrons. The number of hydrogen-bond acceptors (Lipinski definition) is 6. The Bertz CT molecular complexity index is 837. The summed E-state index contributed by atoms with van der Waals surface area (Å²) in [6.07, 6.45) is 1.83. The van der Waals surface area contributed by atoms with Crippen LogP contribution in [-0.2, 0) is 24.2 Å². The predicted molar refractivity (Wildman–Crippen MR) is 110 cm³/mol.